The number of benzene rings is 2. The predicted molar refractivity (Wildman–Crippen MR) is 114 cm³/mol. The van der Waals surface area contributed by atoms with Crippen LogP contribution in [0.4, 0.5) is 5.69 Å². The largest absolute Gasteiger partial charge is 0.493 e. The standard InChI is InChI=1S/C22H26N4O3/c1-28-19-12-17-18(13-20(19)29-2)24-14-25-22(17)15-7-9-16(10-8-15)26-21(27)6-4-3-5-11-23/h7-10,12-14H,3-6,11,23H2,1-2H3,(H,26,27). The molecule has 3 aromatic rings. The molecule has 0 radical (unpaired) electrons. The summed E-state index contributed by atoms with van der Waals surface area (Å²) in [6.07, 6.45) is 4.79. The number of carbonyl (C=O) groups excluding carboxylic acids is 1. The van der Waals surface area contributed by atoms with Crippen molar-refractivity contribution in [2.24, 2.45) is 5.73 Å². The fourth-order valence-electron chi connectivity index (χ4n) is 3.15. The first-order valence-electron chi connectivity index (χ1n) is 9.63. The number of nitrogens with two attached hydrogens (primary N) is 1. The van der Waals surface area contributed by atoms with Crippen LogP contribution in [0.25, 0.3) is 22.2 Å². The number of hydrogen-bond acceptors (Lipinski definition) is 6. The van der Waals surface area contributed by atoms with Crippen LogP contribution in [-0.4, -0.2) is 36.6 Å². The van der Waals surface area contributed by atoms with E-state index in [4.69, 9.17) is 15.2 Å². The highest BCUT2D eigenvalue weighted by Gasteiger charge is 2.12. The third-order valence-corrected chi connectivity index (χ3v) is 4.69. The first kappa shape index (κ1) is 20.5. The van der Waals surface area contributed by atoms with Crippen LogP contribution in [0.15, 0.2) is 42.7 Å². The molecule has 0 aliphatic carbocycles. The number of hydrogen-bond donors (Lipinski definition) is 2. The second-order valence-corrected chi connectivity index (χ2v) is 6.67. The first-order valence-corrected chi connectivity index (χ1v) is 9.63. The number of amides is 1. The Morgan fingerprint density at radius 1 is 1.00 bits per heavy atom. The van der Waals surface area contributed by atoms with Gasteiger partial charge in [-0.05, 0) is 37.6 Å². The number of rotatable bonds is 9. The predicted octanol–water partition coefficient (Wildman–Crippen LogP) is 3.77. The van der Waals surface area contributed by atoms with Gasteiger partial charge >= 0.3 is 0 Å². The third kappa shape index (κ3) is 5.00. The van der Waals surface area contributed by atoms with E-state index in [0.29, 0.717) is 24.5 Å². The number of carbonyl (C=O) groups is 1. The lowest BCUT2D eigenvalue weighted by Gasteiger charge is -2.11. The van der Waals surface area contributed by atoms with Gasteiger partial charge in [-0.25, -0.2) is 9.97 Å². The van der Waals surface area contributed by atoms with Gasteiger partial charge in [0.05, 0.1) is 25.4 Å². The van der Waals surface area contributed by atoms with Gasteiger partial charge in [0.2, 0.25) is 5.91 Å². The molecule has 0 bridgehead atoms. The molecule has 0 unspecified atom stereocenters. The maximum atomic E-state index is 12.0. The van der Waals surface area contributed by atoms with Crippen molar-refractivity contribution in [1.82, 2.24) is 9.97 Å². The van der Waals surface area contributed by atoms with Crippen molar-refractivity contribution in [2.75, 3.05) is 26.1 Å². The lowest BCUT2D eigenvalue weighted by molar-refractivity contribution is -0.116. The van der Waals surface area contributed by atoms with Gasteiger partial charge in [0.1, 0.15) is 6.33 Å². The summed E-state index contributed by atoms with van der Waals surface area (Å²) in [6.45, 7) is 0.666. The normalized spacial score (nSPS) is 10.7. The second kappa shape index (κ2) is 9.84. The molecule has 0 aliphatic rings. The molecule has 0 atom stereocenters. The number of ether oxygens (including phenoxy) is 2. The molecule has 0 fully saturated rings. The maximum Gasteiger partial charge on any atom is 0.224 e. The number of unbranched alkanes of at least 4 members (excludes halogenated alkanes) is 2. The Labute approximate surface area is 170 Å². The number of methoxy groups -OCH3 is 2. The summed E-state index contributed by atoms with van der Waals surface area (Å²) in [6, 6.07) is 11.3. The van der Waals surface area contributed by atoms with E-state index in [-0.39, 0.29) is 5.91 Å². The summed E-state index contributed by atoms with van der Waals surface area (Å²) in [5.74, 6) is 1.25. The van der Waals surface area contributed by atoms with Crippen LogP contribution in [0, 0.1) is 0 Å². The van der Waals surface area contributed by atoms with Crippen LogP contribution in [0.3, 0.4) is 0 Å². The number of nitrogens with one attached hydrogen (secondary N) is 1. The van der Waals surface area contributed by atoms with Crippen molar-refractivity contribution in [3.8, 4) is 22.8 Å². The number of aromatic nitrogens is 2. The summed E-state index contributed by atoms with van der Waals surface area (Å²) < 4.78 is 10.8. The van der Waals surface area contributed by atoms with E-state index in [9.17, 15) is 4.79 Å². The van der Waals surface area contributed by atoms with Crippen molar-refractivity contribution in [3.63, 3.8) is 0 Å². The quantitative estimate of drug-likeness (QED) is 0.536. The van der Waals surface area contributed by atoms with E-state index in [0.717, 1.165) is 47.1 Å². The topological polar surface area (TPSA) is 99.4 Å². The number of fused-ring (bicyclic) bond motifs is 1. The molecule has 7 nitrogen and oxygen atoms in total. The van der Waals surface area contributed by atoms with Crippen molar-refractivity contribution in [3.05, 3.63) is 42.7 Å². The Morgan fingerprint density at radius 3 is 2.41 bits per heavy atom. The average molecular weight is 394 g/mol. The van der Waals surface area contributed by atoms with E-state index in [2.05, 4.69) is 15.3 Å². The van der Waals surface area contributed by atoms with E-state index in [1.807, 2.05) is 36.4 Å². The summed E-state index contributed by atoms with van der Waals surface area (Å²) in [5, 5.41) is 3.79. The van der Waals surface area contributed by atoms with Crippen LogP contribution < -0.4 is 20.5 Å². The van der Waals surface area contributed by atoms with Gasteiger partial charge in [0, 0.05) is 29.1 Å². The molecule has 0 aliphatic heterocycles. The van der Waals surface area contributed by atoms with Gasteiger partial charge in [-0.15, -0.1) is 0 Å². The van der Waals surface area contributed by atoms with Crippen molar-refractivity contribution < 1.29 is 14.3 Å². The van der Waals surface area contributed by atoms with E-state index in [1.165, 1.54) is 6.33 Å². The Balaban J connectivity index is 1.79. The molecular formula is C22H26N4O3. The molecular weight excluding hydrogens is 368 g/mol. The van der Waals surface area contributed by atoms with Crippen LogP contribution in [0.1, 0.15) is 25.7 Å². The van der Waals surface area contributed by atoms with Crippen molar-refractivity contribution in [2.45, 2.75) is 25.7 Å². The van der Waals surface area contributed by atoms with Gasteiger partial charge in [-0.1, -0.05) is 18.6 Å². The molecule has 0 saturated carbocycles. The Hall–Kier alpha value is -3.19. The van der Waals surface area contributed by atoms with Gasteiger partial charge in [0.25, 0.3) is 0 Å². The Kier molecular flexibility index (Phi) is 6.97. The highest BCUT2D eigenvalue weighted by atomic mass is 16.5. The van der Waals surface area contributed by atoms with Crippen LogP contribution in [-0.2, 0) is 4.79 Å². The van der Waals surface area contributed by atoms with Crippen molar-refractivity contribution in [1.29, 1.82) is 0 Å². The lowest BCUT2D eigenvalue weighted by Crippen LogP contribution is -2.11. The number of nitrogens with zero attached hydrogens (tertiary/aromatic N) is 2. The lowest BCUT2D eigenvalue weighted by atomic mass is 10.1. The minimum Gasteiger partial charge on any atom is -0.493 e. The van der Waals surface area contributed by atoms with Gasteiger partial charge in [0.15, 0.2) is 11.5 Å². The Morgan fingerprint density at radius 2 is 1.72 bits per heavy atom. The molecule has 2 aromatic carbocycles. The monoisotopic (exact) mass is 394 g/mol. The van der Waals surface area contributed by atoms with Crippen LogP contribution in [0.2, 0.25) is 0 Å². The van der Waals surface area contributed by atoms with Crippen molar-refractivity contribution >= 4 is 22.5 Å². The van der Waals surface area contributed by atoms with E-state index >= 15 is 0 Å². The zero-order chi connectivity index (χ0) is 20.6. The second-order valence-electron chi connectivity index (χ2n) is 6.67. The highest BCUT2D eigenvalue weighted by molar-refractivity contribution is 5.95. The number of anilines is 1. The molecule has 0 spiro atoms. The SMILES string of the molecule is COc1cc2ncnc(-c3ccc(NC(=O)CCCCCN)cc3)c2cc1OC. The maximum absolute atomic E-state index is 12.0. The van der Waals surface area contributed by atoms with Gasteiger partial charge in [-0.2, -0.15) is 0 Å². The zero-order valence-corrected chi connectivity index (χ0v) is 16.8. The molecule has 152 valence electrons. The smallest absolute Gasteiger partial charge is 0.224 e. The third-order valence-electron chi connectivity index (χ3n) is 4.69. The minimum atomic E-state index is 0.0130. The van der Waals surface area contributed by atoms with E-state index < -0.39 is 0 Å². The summed E-state index contributed by atoms with van der Waals surface area (Å²) in [5.41, 5.74) is 8.71. The van der Waals surface area contributed by atoms with E-state index in [1.54, 1.807) is 14.2 Å². The molecule has 29 heavy (non-hydrogen) atoms. The fraction of sp³-hybridized carbons (Fsp3) is 0.318. The molecule has 1 heterocycles. The van der Waals surface area contributed by atoms with Crippen LogP contribution >= 0.6 is 0 Å². The van der Waals surface area contributed by atoms with Gasteiger partial charge < -0.3 is 20.5 Å². The molecule has 0 saturated heterocycles. The highest BCUT2D eigenvalue weighted by Crippen LogP contribution is 2.35. The first-order chi connectivity index (χ1) is 14.2. The molecule has 7 heteroatoms. The molecule has 1 amide bonds. The Bertz CT molecular complexity index is 974. The summed E-state index contributed by atoms with van der Waals surface area (Å²) >= 11 is 0. The summed E-state index contributed by atoms with van der Waals surface area (Å²) in [4.78, 5) is 20.8. The average Bonchev–Trinajstić information content (AvgIpc) is 2.76. The fourth-order valence-corrected chi connectivity index (χ4v) is 3.15. The van der Waals surface area contributed by atoms with Crippen LogP contribution in [0.5, 0.6) is 11.5 Å². The molecule has 1 aromatic heterocycles. The summed E-state index contributed by atoms with van der Waals surface area (Å²) in [7, 11) is 3.19. The molecule has 3 N–H and O–H groups in total. The minimum absolute atomic E-state index is 0.0130. The molecule has 3 rings (SSSR count). The zero-order valence-electron chi connectivity index (χ0n) is 16.8. The van der Waals surface area contributed by atoms with Gasteiger partial charge in [-0.3, -0.25) is 4.79 Å².